The molecule has 32 heavy (non-hydrogen) atoms. The van der Waals surface area contributed by atoms with Crippen LogP contribution in [0.4, 0.5) is 4.79 Å². The molecule has 3 unspecified atom stereocenters. The van der Waals surface area contributed by atoms with Crippen molar-refractivity contribution in [1.82, 2.24) is 10.2 Å². The molecule has 1 saturated heterocycles. The second-order valence-corrected chi connectivity index (χ2v) is 8.85. The number of amides is 2. The summed E-state index contributed by atoms with van der Waals surface area (Å²) < 4.78 is 11.0. The van der Waals surface area contributed by atoms with E-state index in [4.69, 9.17) is 9.47 Å². The molecule has 7 nitrogen and oxygen atoms in total. The zero-order valence-electron chi connectivity index (χ0n) is 19.0. The molecule has 0 aromatic heterocycles. The van der Waals surface area contributed by atoms with Crippen LogP contribution in [-0.2, 0) is 27.3 Å². The number of carbonyl (C=O) groups is 2. The highest BCUT2D eigenvalue weighted by atomic mass is 16.6. The largest absolute Gasteiger partial charge is 0.445 e. The van der Waals surface area contributed by atoms with Crippen molar-refractivity contribution in [3.63, 3.8) is 0 Å². The van der Waals surface area contributed by atoms with E-state index in [0.717, 1.165) is 11.1 Å². The lowest BCUT2D eigenvalue weighted by atomic mass is 9.98. The number of alkyl carbamates (subject to hydrolysis) is 1. The van der Waals surface area contributed by atoms with Crippen molar-refractivity contribution in [2.75, 3.05) is 0 Å². The summed E-state index contributed by atoms with van der Waals surface area (Å²) in [4.78, 5) is 27.6. The Morgan fingerprint density at radius 2 is 1.62 bits per heavy atom. The topological polar surface area (TPSA) is 88.1 Å². The van der Waals surface area contributed by atoms with Crippen molar-refractivity contribution in [3.8, 4) is 0 Å². The third-order valence-electron chi connectivity index (χ3n) is 5.59. The fourth-order valence-electron chi connectivity index (χ4n) is 3.99. The van der Waals surface area contributed by atoms with Crippen LogP contribution in [-0.4, -0.2) is 46.1 Å². The van der Waals surface area contributed by atoms with E-state index in [1.165, 1.54) is 0 Å². The van der Waals surface area contributed by atoms with Crippen molar-refractivity contribution in [1.29, 1.82) is 0 Å². The minimum Gasteiger partial charge on any atom is -0.445 e. The number of nitrogens with one attached hydrogen (secondary N) is 1. The first-order chi connectivity index (χ1) is 15.2. The minimum atomic E-state index is -1.13. The lowest BCUT2D eigenvalue weighted by Gasteiger charge is -2.37. The van der Waals surface area contributed by atoms with Gasteiger partial charge in [-0.1, -0.05) is 74.5 Å². The van der Waals surface area contributed by atoms with Gasteiger partial charge < -0.3 is 24.8 Å². The highest BCUT2D eigenvalue weighted by Crippen LogP contribution is 2.34. The third-order valence-corrected chi connectivity index (χ3v) is 5.59. The fraction of sp³-hybridized carbons (Fsp3) is 0.440. The average molecular weight is 441 g/mol. The SMILES string of the molecule is CC(C)C(NC(=O)OCc1ccccc1)C(=O)N1C(Cc2ccccc2)C(O)OC1(C)C. The lowest BCUT2D eigenvalue weighted by Crippen LogP contribution is -2.58. The molecule has 2 amide bonds. The number of rotatable bonds is 7. The van der Waals surface area contributed by atoms with Gasteiger partial charge in [0, 0.05) is 0 Å². The second-order valence-electron chi connectivity index (χ2n) is 8.85. The molecule has 1 fully saturated rings. The Balaban J connectivity index is 1.74. The van der Waals surface area contributed by atoms with Crippen LogP contribution in [0.3, 0.4) is 0 Å². The van der Waals surface area contributed by atoms with Gasteiger partial charge in [0.2, 0.25) is 5.91 Å². The molecule has 3 rings (SSSR count). The van der Waals surface area contributed by atoms with Gasteiger partial charge in [-0.05, 0) is 37.3 Å². The third kappa shape index (κ3) is 5.66. The number of aliphatic hydroxyl groups is 1. The van der Waals surface area contributed by atoms with Gasteiger partial charge in [-0.15, -0.1) is 0 Å². The van der Waals surface area contributed by atoms with E-state index in [9.17, 15) is 14.7 Å². The van der Waals surface area contributed by atoms with Crippen molar-refractivity contribution >= 4 is 12.0 Å². The van der Waals surface area contributed by atoms with Crippen LogP contribution in [0.2, 0.25) is 0 Å². The highest BCUT2D eigenvalue weighted by molar-refractivity contribution is 5.87. The summed E-state index contributed by atoms with van der Waals surface area (Å²) in [6.07, 6.45) is -1.37. The maximum Gasteiger partial charge on any atom is 0.408 e. The Hall–Kier alpha value is -2.90. The number of carbonyl (C=O) groups excluding carboxylic acids is 2. The summed E-state index contributed by atoms with van der Waals surface area (Å²) in [6.45, 7) is 7.30. The molecule has 0 aliphatic carbocycles. The molecule has 172 valence electrons. The van der Waals surface area contributed by atoms with Gasteiger partial charge in [-0.25, -0.2) is 4.79 Å². The first kappa shape index (κ1) is 23.8. The van der Waals surface area contributed by atoms with Crippen molar-refractivity contribution in [3.05, 3.63) is 71.8 Å². The predicted octanol–water partition coefficient (Wildman–Crippen LogP) is 3.46. The molecular formula is C25H32N2O5. The maximum atomic E-state index is 13.6. The Bertz CT molecular complexity index is 901. The Kier molecular flexibility index (Phi) is 7.53. The van der Waals surface area contributed by atoms with Crippen LogP contribution in [0.25, 0.3) is 0 Å². The molecule has 3 atom stereocenters. The van der Waals surface area contributed by atoms with Gasteiger partial charge in [-0.3, -0.25) is 4.79 Å². The van der Waals surface area contributed by atoms with Crippen molar-refractivity contribution in [2.24, 2.45) is 5.92 Å². The number of nitrogens with zero attached hydrogens (tertiary/aromatic N) is 1. The minimum absolute atomic E-state index is 0.110. The molecule has 2 aromatic carbocycles. The summed E-state index contributed by atoms with van der Waals surface area (Å²) in [6, 6.07) is 17.6. The van der Waals surface area contributed by atoms with Gasteiger partial charge >= 0.3 is 6.09 Å². The lowest BCUT2D eigenvalue weighted by molar-refractivity contribution is -0.160. The van der Waals surface area contributed by atoms with Crippen LogP contribution in [0.5, 0.6) is 0 Å². The van der Waals surface area contributed by atoms with E-state index in [-0.39, 0.29) is 18.4 Å². The molecule has 2 aromatic rings. The van der Waals surface area contributed by atoms with Crippen LogP contribution in [0.15, 0.2) is 60.7 Å². The van der Waals surface area contributed by atoms with E-state index in [2.05, 4.69) is 5.32 Å². The van der Waals surface area contributed by atoms with Crippen molar-refractivity contribution in [2.45, 2.75) is 64.8 Å². The average Bonchev–Trinajstić information content (AvgIpc) is 2.98. The van der Waals surface area contributed by atoms with E-state index in [0.29, 0.717) is 6.42 Å². The molecule has 0 spiro atoms. The standard InChI is InChI=1S/C25H32N2O5/c1-17(2)21(26-24(30)31-16-19-13-9-6-10-14-19)22(28)27-20(23(29)32-25(27,3)4)15-18-11-7-5-8-12-18/h5-14,17,20-21,23,29H,15-16H2,1-4H3,(H,26,30). The van der Waals surface area contributed by atoms with Gasteiger partial charge in [0.1, 0.15) is 18.4 Å². The van der Waals surface area contributed by atoms with E-state index in [1.54, 1.807) is 18.7 Å². The number of ether oxygens (including phenoxy) is 2. The van der Waals surface area contributed by atoms with Gasteiger partial charge in [0.15, 0.2) is 6.29 Å². The Morgan fingerprint density at radius 1 is 1.06 bits per heavy atom. The number of benzene rings is 2. The summed E-state index contributed by atoms with van der Waals surface area (Å²) in [5.41, 5.74) is 0.806. The predicted molar refractivity (Wildman–Crippen MR) is 120 cm³/mol. The molecule has 1 aliphatic heterocycles. The van der Waals surface area contributed by atoms with Gasteiger partial charge in [-0.2, -0.15) is 0 Å². The van der Waals surface area contributed by atoms with Gasteiger partial charge in [0.05, 0.1) is 6.04 Å². The first-order valence-corrected chi connectivity index (χ1v) is 10.9. The summed E-state index contributed by atoms with van der Waals surface area (Å²) in [5, 5.41) is 13.3. The Morgan fingerprint density at radius 3 is 2.19 bits per heavy atom. The highest BCUT2D eigenvalue weighted by Gasteiger charge is 2.51. The summed E-state index contributed by atoms with van der Waals surface area (Å²) >= 11 is 0. The number of hydrogen-bond donors (Lipinski definition) is 2. The normalized spacial score (nSPS) is 20.8. The molecule has 0 bridgehead atoms. The smallest absolute Gasteiger partial charge is 0.408 e. The van der Waals surface area contributed by atoms with Crippen LogP contribution in [0.1, 0.15) is 38.8 Å². The van der Waals surface area contributed by atoms with E-state index in [1.807, 2.05) is 74.5 Å². The summed E-state index contributed by atoms with van der Waals surface area (Å²) in [5.74, 6) is -0.517. The first-order valence-electron chi connectivity index (χ1n) is 10.9. The zero-order chi connectivity index (χ0) is 23.3. The molecule has 2 N–H and O–H groups in total. The van der Waals surface area contributed by atoms with E-state index >= 15 is 0 Å². The number of hydrogen-bond acceptors (Lipinski definition) is 5. The molecule has 1 heterocycles. The maximum absolute atomic E-state index is 13.6. The van der Waals surface area contributed by atoms with E-state index < -0.39 is 30.2 Å². The zero-order valence-corrected chi connectivity index (χ0v) is 19.0. The molecule has 1 aliphatic rings. The number of aliphatic hydroxyl groups excluding tert-OH is 1. The Labute approximate surface area is 189 Å². The van der Waals surface area contributed by atoms with Crippen LogP contribution >= 0.6 is 0 Å². The molecule has 0 radical (unpaired) electrons. The quantitative estimate of drug-likeness (QED) is 0.688. The molecular weight excluding hydrogens is 408 g/mol. The monoisotopic (exact) mass is 440 g/mol. The van der Waals surface area contributed by atoms with Gasteiger partial charge in [0.25, 0.3) is 0 Å². The van der Waals surface area contributed by atoms with Crippen LogP contribution < -0.4 is 5.32 Å². The fourth-order valence-corrected chi connectivity index (χ4v) is 3.99. The molecule has 0 saturated carbocycles. The van der Waals surface area contributed by atoms with Crippen LogP contribution in [0, 0.1) is 5.92 Å². The molecule has 7 heteroatoms. The van der Waals surface area contributed by atoms with Crippen molar-refractivity contribution < 1.29 is 24.2 Å². The summed E-state index contributed by atoms with van der Waals surface area (Å²) in [7, 11) is 0. The second kappa shape index (κ2) is 10.1.